The molecular weight excluding hydrogens is 180 g/mol. The molecule has 0 amide bonds. The van der Waals surface area contributed by atoms with E-state index in [2.05, 4.69) is 15.3 Å². The maximum absolute atomic E-state index is 4.86. The van der Waals surface area contributed by atoms with Gasteiger partial charge in [-0.15, -0.1) is 0 Å². The largest absolute Gasteiger partial charge is 0.308 e. The standard InChI is InChI=1S/C10H13N2S/c1-12(2)7-9(8-13)10-5-3-4-6-11-10/h3-6,9H,7H2,1-2H3. The zero-order chi connectivity index (χ0) is 9.68. The van der Waals surface area contributed by atoms with E-state index < -0.39 is 0 Å². The van der Waals surface area contributed by atoms with Crippen LogP contribution in [0.1, 0.15) is 11.6 Å². The van der Waals surface area contributed by atoms with Crippen molar-refractivity contribution < 1.29 is 0 Å². The van der Waals surface area contributed by atoms with Crippen molar-refractivity contribution in [2.24, 2.45) is 0 Å². The Kier molecular flexibility index (Phi) is 3.99. The summed E-state index contributed by atoms with van der Waals surface area (Å²) in [4.78, 5) is 6.33. The van der Waals surface area contributed by atoms with E-state index in [-0.39, 0.29) is 5.92 Å². The van der Waals surface area contributed by atoms with Crippen LogP contribution < -0.4 is 0 Å². The fourth-order valence-corrected chi connectivity index (χ4v) is 1.33. The Morgan fingerprint density at radius 1 is 1.54 bits per heavy atom. The molecule has 0 aliphatic carbocycles. The van der Waals surface area contributed by atoms with Gasteiger partial charge in [-0.1, -0.05) is 18.3 Å². The molecule has 0 aliphatic heterocycles. The van der Waals surface area contributed by atoms with Crippen molar-refractivity contribution in [3.63, 3.8) is 0 Å². The lowest BCUT2D eigenvalue weighted by atomic mass is 10.1. The minimum absolute atomic E-state index is 0.131. The van der Waals surface area contributed by atoms with Gasteiger partial charge >= 0.3 is 0 Å². The Labute approximate surface area is 84.6 Å². The van der Waals surface area contributed by atoms with Gasteiger partial charge in [-0.2, -0.15) is 0 Å². The van der Waals surface area contributed by atoms with Gasteiger partial charge in [0.2, 0.25) is 0 Å². The minimum Gasteiger partial charge on any atom is -0.308 e. The molecule has 0 N–H and O–H groups in total. The van der Waals surface area contributed by atoms with Crippen molar-refractivity contribution in [1.82, 2.24) is 9.88 Å². The summed E-state index contributed by atoms with van der Waals surface area (Å²) in [6.45, 7) is 0.862. The van der Waals surface area contributed by atoms with Crippen molar-refractivity contribution in [3.8, 4) is 0 Å². The van der Waals surface area contributed by atoms with Crippen molar-refractivity contribution in [2.45, 2.75) is 5.92 Å². The highest BCUT2D eigenvalue weighted by Gasteiger charge is 2.10. The molecular formula is C10H13N2S. The van der Waals surface area contributed by atoms with E-state index in [0.717, 1.165) is 12.2 Å². The van der Waals surface area contributed by atoms with Crippen LogP contribution in [0.5, 0.6) is 0 Å². The van der Waals surface area contributed by atoms with E-state index in [1.165, 1.54) is 0 Å². The number of hydrogen-bond donors (Lipinski definition) is 0. The number of rotatable bonds is 4. The van der Waals surface area contributed by atoms with Gasteiger partial charge in [-0.25, -0.2) is 0 Å². The number of pyridine rings is 1. The summed E-state index contributed by atoms with van der Waals surface area (Å²) in [6, 6.07) is 5.85. The average molecular weight is 193 g/mol. The monoisotopic (exact) mass is 193 g/mol. The number of likely N-dealkylation sites (N-methyl/N-ethyl adjacent to an activating group) is 1. The number of hydrogen-bond acceptors (Lipinski definition) is 3. The zero-order valence-corrected chi connectivity index (χ0v) is 8.71. The van der Waals surface area contributed by atoms with Gasteiger partial charge in [0.15, 0.2) is 0 Å². The lowest BCUT2D eigenvalue weighted by Crippen LogP contribution is -2.21. The van der Waals surface area contributed by atoms with Crippen LogP contribution in [0.3, 0.4) is 0 Å². The molecule has 1 heterocycles. The van der Waals surface area contributed by atoms with Gasteiger partial charge in [0, 0.05) is 23.8 Å². The quantitative estimate of drug-likeness (QED) is 0.676. The second-order valence-corrected chi connectivity index (χ2v) is 3.42. The molecule has 69 valence electrons. The molecule has 1 radical (unpaired) electrons. The van der Waals surface area contributed by atoms with Crippen molar-refractivity contribution in [1.29, 1.82) is 0 Å². The lowest BCUT2D eigenvalue weighted by molar-refractivity contribution is 0.403. The first kappa shape index (κ1) is 10.3. The molecule has 0 aromatic carbocycles. The highest BCUT2D eigenvalue weighted by molar-refractivity contribution is 7.79. The van der Waals surface area contributed by atoms with E-state index in [9.17, 15) is 0 Å². The van der Waals surface area contributed by atoms with Crippen LogP contribution in [0.25, 0.3) is 0 Å². The number of aromatic nitrogens is 1. The predicted octanol–water partition coefficient (Wildman–Crippen LogP) is 1.60. The highest BCUT2D eigenvalue weighted by Crippen LogP contribution is 2.10. The molecule has 1 unspecified atom stereocenters. The smallest absolute Gasteiger partial charge is 0.0503 e. The van der Waals surface area contributed by atoms with E-state index >= 15 is 0 Å². The van der Waals surface area contributed by atoms with Gasteiger partial charge in [-0.3, -0.25) is 4.98 Å². The Hall–Kier alpha value is -0.800. The number of nitrogens with zero attached hydrogens (tertiary/aromatic N) is 2. The molecule has 0 fully saturated rings. The second kappa shape index (κ2) is 5.04. The SMILES string of the molecule is CN(C)CC([C]=S)c1ccccn1. The molecule has 1 aromatic heterocycles. The molecule has 1 rings (SSSR count). The van der Waals surface area contributed by atoms with Gasteiger partial charge in [0.1, 0.15) is 0 Å². The zero-order valence-electron chi connectivity index (χ0n) is 7.90. The minimum atomic E-state index is 0.131. The van der Waals surface area contributed by atoms with Crippen molar-refractivity contribution in [3.05, 3.63) is 30.1 Å². The lowest BCUT2D eigenvalue weighted by Gasteiger charge is -2.15. The van der Waals surface area contributed by atoms with Gasteiger partial charge in [0.25, 0.3) is 0 Å². The molecule has 0 aliphatic rings. The third kappa shape index (κ3) is 3.20. The van der Waals surface area contributed by atoms with Crippen LogP contribution in [0.4, 0.5) is 0 Å². The molecule has 0 bridgehead atoms. The first-order valence-electron chi connectivity index (χ1n) is 4.17. The molecule has 3 heteroatoms. The normalized spacial score (nSPS) is 12.8. The topological polar surface area (TPSA) is 16.1 Å². The van der Waals surface area contributed by atoms with Gasteiger partial charge in [-0.05, 0) is 26.2 Å². The molecule has 1 aromatic rings. The van der Waals surface area contributed by atoms with Crippen molar-refractivity contribution >= 4 is 17.6 Å². The third-order valence-electron chi connectivity index (χ3n) is 1.73. The number of thiocarbonyl (C=S) groups is 1. The highest BCUT2D eigenvalue weighted by atomic mass is 32.1. The molecule has 1 atom stereocenters. The second-order valence-electron chi connectivity index (χ2n) is 3.19. The maximum atomic E-state index is 4.86. The van der Waals surface area contributed by atoms with E-state index in [0.29, 0.717) is 0 Å². The molecule has 0 spiro atoms. The van der Waals surface area contributed by atoms with Crippen LogP contribution in [-0.2, 0) is 0 Å². The van der Waals surface area contributed by atoms with Crippen LogP contribution in [-0.4, -0.2) is 35.9 Å². The predicted molar refractivity (Wildman–Crippen MR) is 58.1 cm³/mol. The molecule has 0 saturated heterocycles. The summed E-state index contributed by atoms with van der Waals surface area (Å²) in [5.41, 5.74) is 0.992. The fraction of sp³-hybridized carbons (Fsp3) is 0.400. The molecule has 0 saturated carbocycles. The molecule has 13 heavy (non-hydrogen) atoms. The van der Waals surface area contributed by atoms with Gasteiger partial charge < -0.3 is 4.90 Å². The Morgan fingerprint density at radius 3 is 2.77 bits per heavy atom. The van der Waals surface area contributed by atoms with Crippen molar-refractivity contribution in [2.75, 3.05) is 20.6 Å². The van der Waals surface area contributed by atoms with E-state index in [1.54, 1.807) is 6.20 Å². The maximum Gasteiger partial charge on any atom is 0.0503 e. The summed E-state index contributed by atoms with van der Waals surface area (Å²) < 4.78 is 0. The summed E-state index contributed by atoms with van der Waals surface area (Å²) in [6.07, 6.45) is 1.78. The Bertz CT molecular complexity index is 259. The Morgan fingerprint density at radius 2 is 2.31 bits per heavy atom. The molecule has 2 nitrogen and oxygen atoms in total. The van der Waals surface area contributed by atoms with Crippen LogP contribution in [0.15, 0.2) is 24.4 Å². The fourth-order valence-electron chi connectivity index (χ4n) is 1.14. The van der Waals surface area contributed by atoms with E-state index in [1.807, 2.05) is 32.3 Å². The summed E-state index contributed by atoms with van der Waals surface area (Å²) in [5.74, 6) is 0.131. The van der Waals surface area contributed by atoms with Gasteiger partial charge in [0.05, 0.1) is 5.92 Å². The third-order valence-corrected chi connectivity index (χ3v) is 2.02. The summed E-state index contributed by atoms with van der Waals surface area (Å²) in [5, 5.41) is 2.83. The first-order valence-corrected chi connectivity index (χ1v) is 4.58. The summed E-state index contributed by atoms with van der Waals surface area (Å²) >= 11 is 4.86. The van der Waals surface area contributed by atoms with Crippen LogP contribution >= 0.6 is 12.2 Å². The van der Waals surface area contributed by atoms with Crippen LogP contribution in [0, 0.1) is 0 Å². The average Bonchev–Trinajstić information content (AvgIpc) is 2.15. The van der Waals surface area contributed by atoms with Crippen LogP contribution in [0.2, 0.25) is 0 Å². The van der Waals surface area contributed by atoms with E-state index in [4.69, 9.17) is 12.2 Å². The first-order chi connectivity index (χ1) is 6.24. The summed E-state index contributed by atoms with van der Waals surface area (Å²) in [7, 11) is 4.03. The Balaban J connectivity index is 2.73.